The maximum Gasteiger partial charge on any atom is 1.00 e. The van der Waals surface area contributed by atoms with Gasteiger partial charge in [-0.3, -0.25) is 0 Å². The van der Waals surface area contributed by atoms with E-state index in [4.69, 9.17) is 0 Å². The number of carboxylic acids is 1. The van der Waals surface area contributed by atoms with E-state index in [2.05, 4.69) is 0 Å². The molecule has 0 unspecified atom stereocenters. The number of benzene rings is 1. The molecule has 0 amide bonds. The molecule has 1 aromatic rings. The van der Waals surface area contributed by atoms with Gasteiger partial charge in [0.1, 0.15) is 0 Å². The Morgan fingerprint density at radius 1 is 1.40 bits per heavy atom. The molecule has 0 heterocycles. The van der Waals surface area contributed by atoms with Crippen molar-refractivity contribution in [3.63, 3.8) is 0 Å². The zero-order chi connectivity index (χ0) is 10.7. The van der Waals surface area contributed by atoms with E-state index < -0.39 is 5.97 Å². The van der Waals surface area contributed by atoms with Gasteiger partial charge < -0.3 is 9.90 Å². The molecule has 0 aromatic heterocycles. The van der Waals surface area contributed by atoms with Crippen LogP contribution in [0.4, 0.5) is 0 Å². The molecule has 1 aromatic carbocycles. The third-order valence-corrected chi connectivity index (χ3v) is 2.37. The van der Waals surface area contributed by atoms with E-state index in [1.54, 1.807) is 12.1 Å². The molecular formula is C12H15NaO2. The van der Waals surface area contributed by atoms with Crippen LogP contribution in [0.5, 0.6) is 0 Å². The van der Waals surface area contributed by atoms with Crippen molar-refractivity contribution in [1.29, 1.82) is 0 Å². The van der Waals surface area contributed by atoms with Gasteiger partial charge in [-0.15, -0.1) is 0 Å². The fourth-order valence-electron chi connectivity index (χ4n) is 1.78. The van der Waals surface area contributed by atoms with E-state index in [9.17, 15) is 9.90 Å². The Balaban J connectivity index is 0.00000196. The van der Waals surface area contributed by atoms with Crippen molar-refractivity contribution < 1.29 is 39.5 Å². The largest absolute Gasteiger partial charge is 1.00 e. The molecule has 1 rings (SSSR count). The number of hydrogen-bond acceptors (Lipinski definition) is 2. The van der Waals surface area contributed by atoms with E-state index in [1.807, 2.05) is 26.8 Å². The van der Waals surface area contributed by atoms with Crippen LogP contribution in [0.2, 0.25) is 0 Å². The van der Waals surface area contributed by atoms with Gasteiger partial charge in [0.05, 0.1) is 5.97 Å². The molecule has 0 aliphatic carbocycles. The molecule has 76 valence electrons. The third-order valence-electron chi connectivity index (χ3n) is 2.37. The second-order valence-electron chi connectivity index (χ2n) is 3.67. The van der Waals surface area contributed by atoms with Crippen LogP contribution in [0.3, 0.4) is 0 Å². The molecule has 0 atom stereocenters. The predicted octanol–water partition coefficient (Wildman–Crippen LogP) is -1.26. The summed E-state index contributed by atoms with van der Waals surface area (Å²) in [4.78, 5) is 10.9. The van der Waals surface area contributed by atoms with Crippen molar-refractivity contribution in [2.24, 2.45) is 0 Å². The van der Waals surface area contributed by atoms with Gasteiger partial charge in [-0.05, 0) is 23.5 Å². The molecule has 0 saturated carbocycles. The summed E-state index contributed by atoms with van der Waals surface area (Å²) in [6.07, 6.45) is 0.856. The van der Waals surface area contributed by atoms with Crippen LogP contribution in [0.1, 0.15) is 48.2 Å². The van der Waals surface area contributed by atoms with E-state index in [1.165, 1.54) is 0 Å². The summed E-state index contributed by atoms with van der Waals surface area (Å²) in [5.74, 6) is -0.858. The molecule has 2 nitrogen and oxygen atoms in total. The summed E-state index contributed by atoms with van der Waals surface area (Å²) < 4.78 is 0. The maximum absolute atomic E-state index is 10.9. The van der Waals surface area contributed by atoms with Crippen molar-refractivity contribution in [2.75, 3.05) is 0 Å². The van der Waals surface area contributed by atoms with Gasteiger partial charge in [-0.2, -0.15) is 0 Å². The van der Waals surface area contributed by atoms with Crippen molar-refractivity contribution >= 4 is 5.97 Å². The number of aromatic carboxylic acids is 1. The first kappa shape index (κ1) is 14.7. The first-order valence-electron chi connectivity index (χ1n) is 4.91. The van der Waals surface area contributed by atoms with Crippen molar-refractivity contribution in [3.05, 3.63) is 34.9 Å². The Labute approximate surface area is 113 Å². The summed E-state index contributed by atoms with van der Waals surface area (Å²) in [5, 5.41) is 10.9. The normalized spacial score (nSPS) is 9.87. The molecular weight excluding hydrogens is 199 g/mol. The smallest absolute Gasteiger partial charge is 0.545 e. The standard InChI is InChI=1S/C12H16O2.Na/c1-4-9-6-5-7-10(12(13)14)11(9)8(2)3;/h5-8H,4H2,1-3H3,(H,13,14);/q;+1/p-1. The van der Waals surface area contributed by atoms with Crippen LogP contribution in [-0.2, 0) is 6.42 Å². The molecule has 0 fully saturated rings. The number of carboxylic acid groups (broad SMARTS) is 1. The maximum atomic E-state index is 10.9. The minimum atomic E-state index is -1.08. The SMILES string of the molecule is CCc1cccc(C(=O)[O-])c1C(C)C.[Na+]. The van der Waals surface area contributed by atoms with Gasteiger partial charge in [-0.25, -0.2) is 0 Å². The van der Waals surface area contributed by atoms with Crippen LogP contribution in [0.25, 0.3) is 0 Å². The Hall–Kier alpha value is -0.310. The number of aryl methyl sites for hydroxylation is 1. The van der Waals surface area contributed by atoms with Crippen LogP contribution in [0, 0.1) is 0 Å². The summed E-state index contributed by atoms with van der Waals surface area (Å²) in [6.45, 7) is 6.03. The Morgan fingerprint density at radius 3 is 2.40 bits per heavy atom. The Bertz CT molecular complexity index is 345. The van der Waals surface area contributed by atoms with Crippen LogP contribution < -0.4 is 34.7 Å². The predicted molar refractivity (Wildman–Crippen MR) is 54.2 cm³/mol. The van der Waals surface area contributed by atoms with Crippen molar-refractivity contribution in [2.45, 2.75) is 33.1 Å². The van der Waals surface area contributed by atoms with E-state index in [-0.39, 0.29) is 35.5 Å². The summed E-state index contributed by atoms with van der Waals surface area (Å²) in [5.41, 5.74) is 2.34. The number of carbonyl (C=O) groups is 1. The van der Waals surface area contributed by atoms with Crippen LogP contribution in [0.15, 0.2) is 18.2 Å². The molecule has 0 spiro atoms. The van der Waals surface area contributed by atoms with Gasteiger partial charge in [0.25, 0.3) is 0 Å². The monoisotopic (exact) mass is 214 g/mol. The average Bonchev–Trinajstić information content (AvgIpc) is 2.16. The van der Waals surface area contributed by atoms with Gasteiger partial charge in [-0.1, -0.05) is 39.0 Å². The molecule has 15 heavy (non-hydrogen) atoms. The molecule has 0 saturated heterocycles. The van der Waals surface area contributed by atoms with Crippen LogP contribution in [-0.4, -0.2) is 5.97 Å². The zero-order valence-electron chi connectivity index (χ0n) is 9.83. The Kier molecular flexibility index (Phi) is 6.18. The minimum Gasteiger partial charge on any atom is -0.545 e. The first-order chi connectivity index (χ1) is 6.57. The van der Waals surface area contributed by atoms with Crippen molar-refractivity contribution in [3.8, 4) is 0 Å². The third kappa shape index (κ3) is 3.33. The van der Waals surface area contributed by atoms with Gasteiger partial charge >= 0.3 is 29.6 Å². The molecule has 0 bridgehead atoms. The summed E-state index contributed by atoms with van der Waals surface area (Å²) in [7, 11) is 0. The fourth-order valence-corrected chi connectivity index (χ4v) is 1.78. The number of rotatable bonds is 3. The molecule has 0 N–H and O–H groups in total. The van der Waals surface area contributed by atoms with Gasteiger partial charge in [0.2, 0.25) is 0 Å². The second-order valence-corrected chi connectivity index (χ2v) is 3.67. The van der Waals surface area contributed by atoms with E-state index in [0.29, 0.717) is 5.56 Å². The average molecular weight is 214 g/mol. The van der Waals surface area contributed by atoms with E-state index in [0.717, 1.165) is 17.5 Å². The van der Waals surface area contributed by atoms with E-state index >= 15 is 0 Å². The molecule has 0 aliphatic heterocycles. The fraction of sp³-hybridized carbons (Fsp3) is 0.417. The summed E-state index contributed by atoms with van der Waals surface area (Å²) >= 11 is 0. The minimum absolute atomic E-state index is 0. The molecule has 0 radical (unpaired) electrons. The molecule has 3 heteroatoms. The quantitative estimate of drug-likeness (QED) is 0.589. The zero-order valence-corrected chi connectivity index (χ0v) is 11.8. The van der Waals surface area contributed by atoms with Gasteiger partial charge in [0.15, 0.2) is 0 Å². The Morgan fingerprint density at radius 2 is 2.00 bits per heavy atom. The van der Waals surface area contributed by atoms with Crippen LogP contribution >= 0.6 is 0 Å². The van der Waals surface area contributed by atoms with Gasteiger partial charge in [0, 0.05) is 5.56 Å². The summed E-state index contributed by atoms with van der Waals surface area (Å²) in [6, 6.07) is 5.36. The van der Waals surface area contributed by atoms with Crippen molar-refractivity contribution in [1.82, 2.24) is 0 Å². The number of hydrogen-bond donors (Lipinski definition) is 0. The number of carbonyl (C=O) groups excluding carboxylic acids is 1. The second kappa shape index (κ2) is 6.31. The first-order valence-corrected chi connectivity index (χ1v) is 4.91. The molecule has 0 aliphatic rings. The topological polar surface area (TPSA) is 40.1 Å².